The van der Waals surface area contributed by atoms with Crippen molar-refractivity contribution in [1.29, 1.82) is 0 Å². The van der Waals surface area contributed by atoms with Crippen LogP contribution in [-0.2, 0) is 4.79 Å². The summed E-state index contributed by atoms with van der Waals surface area (Å²) in [5.74, 6) is 1.29. The van der Waals surface area contributed by atoms with Gasteiger partial charge >= 0.3 is 0 Å². The summed E-state index contributed by atoms with van der Waals surface area (Å²) in [5.41, 5.74) is 3.99. The molecule has 0 radical (unpaired) electrons. The minimum Gasteiger partial charge on any atom is -0.490 e. The normalized spacial score (nSPS) is 15.3. The predicted molar refractivity (Wildman–Crippen MR) is 125 cm³/mol. The van der Waals surface area contributed by atoms with Crippen LogP contribution in [0.1, 0.15) is 37.0 Å². The highest BCUT2D eigenvalue weighted by atomic mass is 32.2. The van der Waals surface area contributed by atoms with Gasteiger partial charge in [-0.1, -0.05) is 43.0 Å². The average molecular weight is 428 g/mol. The minimum absolute atomic E-state index is 0.104. The largest absolute Gasteiger partial charge is 0.490 e. The van der Waals surface area contributed by atoms with Gasteiger partial charge in [0.2, 0.25) is 0 Å². The molecule has 0 aromatic heterocycles. The van der Waals surface area contributed by atoms with Crippen LogP contribution in [0.5, 0.6) is 11.5 Å². The topological polar surface area (TPSA) is 38.8 Å². The van der Waals surface area contributed by atoms with E-state index in [9.17, 15) is 4.79 Å². The third kappa shape index (κ3) is 4.82. The van der Waals surface area contributed by atoms with Gasteiger partial charge in [0.25, 0.3) is 5.91 Å². The molecule has 0 aliphatic carbocycles. The predicted octanol–water partition coefficient (Wildman–Crippen LogP) is 5.90. The molecule has 2 aromatic rings. The Kier molecular flexibility index (Phi) is 6.98. The lowest BCUT2D eigenvalue weighted by molar-refractivity contribution is -0.113. The van der Waals surface area contributed by atoms with Crippen molar-refractivity contribution in [2.24, 2.45) is 0 Å². The number of hydrogen-bond donors (Lipinski definition) is 0. The second kappa shape index (κ2) is 9.46. The van der Waals surface area contributed by atoms with Crippen LogP contribution in [0, 0.1) is 13.8 Å². The van der Waals surface area contributed by atoms with E-state index >= 15 is 0 Å². The Bertz CT molecular complexity index is 969. The zero-order chi connectivity index (χ0) is 21.0. The first-order chi connectivity index (χ1) is 13.9. The van der Waals surface area contributed by atoms with Gasteiger partial charge < -0.3 is 9.47 Å². The molecule has 0 N–H and O–H groups in total. The second-order valence-electron chi connectivity index (χ2n) is 6.77. The van der Waals surface area contributed by atoms with Crippen LogP contribution in [0.15, 0.2) is 41.3 Å². The first-order valence-corrected chi connectivity index (χ1v) is 10.9. The number of aryl methyl sites for hydroxylation is 2. The van der Waals surface area contributed by atoms with Crippen molar-refractivity contribution >= 4 is 46.0 Å². The fraction of sp³-hybridized carbons (Fsp3) is 0.304. The van der Waals surface area contributed by atoms with E-state index in [0.717, 1.165) is 23.2 Å². The number of carbonyl (C=O) groups is 1. The lowest BCUT2D eigenvalue weighted by Crippen LogP contribution is -2.27. The second-order valence-corrected chi connectivity index (χ2v) is 8.45. The van der Waals surface area contributed by atoms with Crippen molar-refractivity contribution in [3.8, 4) is 11.5 Å². The zero-order valence-corrected chi connectivity index (χ0v) is 18.8. The van der Waals surface area contributed by atoms with Gasteiger partial charge in [-0.2, -0.15) is 0 Å². The number of anilines is 1. The Morgan fingerprint density at radius 2 is 1.83 bits per heavy atom. The van der Waals surface area contributed by atoms with Crippen LogP contribution in [0.2, 0.25) is 0 Å². The minimum atomic E-state index is -0.104. The van der Waals surface area contributed by atoms with E-state index in [1.807, 2.05) is 63.2 Å². The smallest absolute Gasteiger partial charge is 0.270 e. The van der Waals surface area contributed by atoms with Crippen molar-refractivity contribution in [3.63, 3.8) is 0 Å². The number of hydrogen-bond acceptors (Lipinski definition) is 5. The molecule has 0 spiro atoms. The standard InChI is InChI=1S/C23H25NO3S2/c1-5-11-27-19-10-8-17(13-20(19)26-6-2)14-21-22(25)24(23(28)29-21)18-9-7-15(3)16(4)12-18/h7-10,12-14H,5-6,11H2,1-4H3/b21-14+. The number of thioether (sulfide) groups is 1. The number of thiocarbonyl (C=S) groups is 1. The zero-order valence-electron chi connectivity index (χ0n) is 17.2. The lowest BCUT2D eigenvalue weighted by Gasteiger charge is -2.16. The molecule has 152 valence electrons. The number of nitrogens with zero attached hydrogens (tertiary/aromatic N) is 1. The molecule has 0 atom stereocenters. The summed E-state index contributed by atoms with van der Waals surface area (Å²) in [6.07, 6.45) is 2.78. The van der Waals surface area contributed by atoms with Gasteiger partial charge in [0.15, 0.2) is 15.8 Å². The SMILES string of the molecule is CCCOc1ccc(/C=C2/SC(=S)N(c3ccc(C)c(C)c3)C2=O)cc1OCC. The first kappa shape index (κ1) is 21.4. The monoisotopic (exact) mass is 427 g/mol. The molecular formula is C23H25NO3S2. The third-order valence-electron chi connectivity index (χ3n) is 4.57. The Labute approximate surface area is 181 Å². The van der Waals surface area contributed by atoms with Gasteiger partial charge in [-0.25, -0.2) is 0 Å². The fourth-order valence-corrected chi connectivity index (χ4v) is 4.22. The van der Waals surface area contributed by atoms with Crippen molar-refractivity contribution in [3.05, 3.63) is 58.0 Å². The lowest BCUT2D eigenvalue weighted by atomic mass is 10.1. The van der Waals surface area contributed by atoms with Crippen LogP contribution < -0.4 is 14.4 Å². The maximum absolute atomic E-state index is 13.0. The van der Waals surface area contributed by atoms with Gasteiger partial charge in [0, 0.05) is 0 Å². The number of carbonyl (C=O) groups excluding carboxylic acids is 1. The van der Waals surface area contributed by atoms with Gasteiger partial charge in [0.1, 0.15) is 0 Å². The third-order valence-corrected chi connectivity index (χ3v) is 5.87. The molecular weight excluding hydrogens is 402 g/mol. The molecule has 3 rings (SSSR count). The summed E-state index contributed by atoms with van der Waals surface area (Å²) in [6.45, 7) is 9.25. The summed E-state index contributed by atoms with van der Waals surface area (Å²) in [4.78, 5) is 15.2. The molecule has 1 aliphatic rings. The first-order valence-electron chi connectivity index (χ1n) is 9.69. The van der Waals surface area contributed by atoms with Crippen molar-refractivity contribution < 1.29 is 14.3 Å². The van der Waals surface area contributed by atoms with E-state index in [1.54, 1.807) is 4.90 Å². The van der Waals surface area contributed by atoms with E-state index in [0.29, 0.717) is 33.9 Å². The van der Waals surface area contributed by atoms with Gasteiger partial charge in [0.05, 0.1) is 23.8 Å². The highest BCUT2D eigenvalue weighted by Crippen LogP contribution is 2.37. The van der Waals surface area contributed by atoms with Gasteiger partial charge in [-0.3, -0.25) is 9.69 Å². The fourth-order valence-electron chi connectivity index (χ4n) is 2.92. The Hall–Kier alpha value is -2.31. The van der Waals surface area contributed by atoms with Crippen LogP contribution in [0.4, 0.5) is 5.69 Å². The number of rotatable bonds is 7. The van der Waals surface area contributed by atoms with Gasteiger partial charge in [-0.15, -0.1) is 0 Å². The van der Waals surface area contributed by atoms with Crippen LogP contribution in [-0.4, -0.2) is 23.4 Å². The molecule has 1 amide bonds. The van der Waals surface area contributed by atoms with Crippen molar-refractivity contribution in [2.45, 2.75) is 34.1 Å². The average Bonchev–Trinajstić information content (AvgIpc) is 2.97. The number of ether oxygens (including phenoxy) is 2. The summed E-state index contributed by atoms with van der Waals surface area (Å²) < 4.78 is 12.0. The Morgan fingerprint density at radius 3 is 2.52 bits per heavy atom. The van der Waals surface area contributed by atoms with Gasteiger partial charge in [-0.05, 0) is 74.2 Å². The summed E-state index contributed by atoms with van der Waals surface area (Å²) >= 11 is 6.80. The highest BCUT2D eigenvalue weighted by molar-refractivity contribution is 8.27. The maximum Gasteiger partial charge on any atom is 0.270 e. The van der Waals surface area contributed by atoms with E-state index in [4.69, 9.17) is 21.7 Å². The Morgan fingerprint density at radius 1 is 1.03 bits per heavy atom. The quantitative estimate of drug-likeness (QED) is 0.406. The molecule has 29 heavy (non-hydrogen) atoms. The summed E-state index contributed by atoms with van der Waals surface area (Å²) in [7, 11) is 0. The van der Waals surface area contributed by atoms with Crippen molar-refractivity contribution in [1.82, 2.24) is 0 Å². The molecule has 0 bridgehead atoms. The molecule has 6 heteroatoms. The molecule has 0 unspecified atom stereocenters. The highest BCUT2D eigenvalue weighted by Gasteiger charge is 2.33. The molecule has 0 saturated carbocycles. The van der Waals surface area contributed by atoms with Crippen LogP contribution in [0.3, 0.4) is 0 Å². The van der Waals surface area contributed by atoms with Crippen LogP contribution in [0.25, 0.3) is 6.08 Å². The summed E-state index contributed by atoms with van der Waals surface area (Å²) in [6, 6.07) is 11.7. The van der Waals surface area contributed by atoms with E-state index in [2.05, 4.69) is 6.92 Å². The molecule has 1 saturated heterocycles. The van der Waals surface area contributed by atoms with E-state index in [1.165, 1.54) is 17.3 Å². The van der Waals surface area contributed by atoms with Crippen LogP contribution >= 0.6 is 24.0 Å². The summed E-state index contributed by atoms with van der Waals surface area (Å²) in [5, 5.41) is 0. The van der Waals surface area contributed by atoms with E-state index in [-0.39, 0.29) is 5.91 Å². The molecule has 2 aromatic carbocycles. The Balaban J connectivity index is 1.88. The molecule has 4 nitrogen and oxygen atoms in total. The molecule has 1 fully saturated rings. The molecule has 1 heterocycles. The molecule has 1 aliphatic heterocycles. The number of benzene rings is 2. The van der Waals surface area contributed by atoms with Crippen molar-refractivity contribution in [2.75, 3.05) is 18.1 Å². The maximum atomic E-state index is 13.0. The number of amides is 1. The van der Waals surface area contributed by atoms with E-state index < -0.39 is 0 Å².